The molecule has 0 unspecified atom stereocenters. The molecule has 1 heterocycles. The average Bonchev–Trinajstić information content (AvgIpc) is 3.21. The Morgan fingerprint density at radius 3 is 2.03 bits per heavy atom. The summed E-state index contributed by atoms with van der Waals surface area (Å²) >= 11 is 0. The fourth-order valence-electron chi connectivity index (χ4n) is 4.14. The van der Waals surface area contributed by atoms with Crippen LogP contribution in [-0.2, 0) is 16.4 Å². The fraction of sp³-hybridized carbons (Fsp3) is 0.739. The summed E-state index contributed by atoms with van der Waals surface area (Å²) < 4.78 is 26.8. The first-order valence-electron chi connectivity index (χ1n) is 11.4. The molecule has 0 radical (unpaired) electrons. The first-order chi connectivity index (χ1) is 14.0. The van der Waals surface area contributed by atoms with E-state index in [1.165, 1.54) is 62.1 Å². The molecule has 1 saturated heterocycles. The van der Waals surface area contributed by atoms with Crippen LogP contribution in [-0.4, -0.2) is 41.8 Å². The predicted octanol–water partition coefficient (Wildman–Crippen LogP) is 4.61. The van der Waals surface area contributed by atoms with Gasteiger partial charge in [0.25, 0.3) is 0 Å². The summed E-state index contributed by atoms with van der Waals surface area (Å²) in [5, 5.41) is 18.9. The van der Waals surface area contributed by atoms with E-state index in [0.717, 1.165) is 18.4 Å². The Kier molecular flexibility index (Phi) is 10.6. The Balaban J connectivity index is 1.71. The van der Waals surface area contributed by atoms with E-state index in [2.05, 4.69) is 6.92 Å². The van der Waals surface area contributed by atoms with Crippen molar-refractivity contribution in [2.24, 2.45) is 0 Å². The van der Waals surface area contributed by atoms with E-state index in [1.54, 1.807) is 12.1 Å². The second kappa shape index (κ2) is 12.7. The van der Waals surface area contributed by atoms with Gasteiger partial charge in [0.05, 0.1) is 10.9 Å². The minimum Gasteiger partial charge on any atom is -0.367 e. The quantitative estimate of drug-likeness (QED) is 0.337. The highest BCUT2D eigenvalue weighted by Crippen LogP contribution is 2.27. The molecule has 166 valence electrons. The minimum absolute atomic E-state index is 0.233. The molecule has 2 N–H and O–H groups in total. The third-order valence-corrected chi connectivity index (χ3v) is 7.88. The van der Waals surface area contributed by atoms with Gasteiger partial charge in [-0.3, -0.25) is 0 Å². The molecule has 29 heavy (non-hydrogen) atoms. The molecule has 1 aromatic carbocycles. The lowest BCUT2D eigenvalue weighted by atomic mass is 10.0. The molecular weight excluding hydrogens is 386 g/mol. The van der Waals surface area contributed by atoms with Crippen molar-refractivity contribution in [1.82, 2.24) is 4.31 Å². The number of rotatable bonds is 14. The molecule has 1 aliphatic rings. The highest BCUT2D eigenvalue weighted by atomic mass is 32.2. The number of nitrogens with zero attached hydrogens (tertiary/aromatic N) is 1. The first kappa shape index (κ1) is 24.3. The monoisotopic (exact) mass is 425 g/mol. The summed E-state index contributed by atoms with van der Waals surface area (Å²) in [4.78, 5) is 0.233. The molecule has 0 saturated carbocycles. The zero-order chi connectivity index (χ0) is 21.1. The molecule has 1 atom stereocenters. The van der Waals surface area contributed by atoms with Crippen LogP contribution in [0, 0.1) is 0 Å². The molecule has 0 bridgehead atoms. The van der Waals surface area contributed by atoms with Gasteiger partial charge in [-0.1, -0.05) is 76.8 Å². The third kappa shape index (κ3) is 7.67. The Hall–Kier alpha value is -0.950. The van der Waals surface area contributed by atoms with Gasteiger partial charge in [0.1, 0.15) is 0 Å². The standard InChI is InChI=1S/C23H39NO4S/c1-2-3-4-5-6-7-8-9-10-11-13-20-15-17-21(18-16-20)29(27,28)24-19-12-14-22(24)23(25)26/h15-18,22-23,25-26H,2-14,19H2,1H3/t22-/m0/s1. The number of unbranched alkanes of at least 4 members (excludes halogenated alkanes) is 9. The molecule has 1 aliphatic heterocycles. The molecule has 5 nitrogen and oxygen atoms in total. The number of hydrogen-bond acceptors (Lipinski definition) is 4. The lowest BCUT2D eigenvalue weighted by molar-refractivity contribution is -0.0768. The van der Waals surface area contributed by atoms with Crippen LogP contribution in [0.4, 0.5) is 0 Å². The Labute approximate surface area is 177 Å². The lowest BCUT2D eigenvalue weighted by Gasteiger charge is -2.25. The van der Waals surface area contributed by atoms with E-state index < -0.39 is 22.4 Å². The summed E-state index contributed by atoms with van der Waals surface area (Å²) in [6.07, 6.45) is 13.5. The second-order valence-corrected chi connectivity index (χ2v) is 10.2. The molecule has 1 fully saturated rings. The van der Waals surface area contributed by atoms with E-state index in [4.69, 9.17) is 0 Å². The van der Waals surface area contributed by atoms with Gasteiger partial charge in [0.2, 0.25) is 10.0 Å². The summed E-state index contributed by atoms with van der Waals surface area (Å²) in [6, 6.07) is 6.34. The molecule has 0 aliphatic carbocycles. The normalized spacial score (nSPS) is 18.0. The summed E-state index contributed by atoms with van der Waals surface area (Å²) in [5.41, 5.74) is 1.16. The van der Waals surface area contributed by atoms with Crippen LogP contribution < -0.4 is 0 Å². The van der Waals surface area contributed by atoms with Gasteiger partial charge in [-0.25, -0.2) is 8.42 Å². The molecule has 1 aromatic rings. The predicted molar refractivity (Wildman–Crippen MR) is 117 cm³/mol. The maximum Gasteiger partial charge on any atom is 0.243 e. The fourth-order valence-corrected chi connectivity index (χ4v) is 5.83. The van der Waals surface area contributed by atoms with Crippen molar-refractivity contribution in [2.75, 3.05) is 6.54 Å². The lowest BCUT2D eigenvalue weighted by Crippen LogP contribution is -2.42. The molecule has 0 aromatic heterocycles. The number of aliphatic hydroxyl groups is 2. The number of benzene rings is 1. The summed E-state index contributed by atoms with van der Waals surface area (Å²) in [7, 11) is -3.68. The highest BCUT2D eigenvalue weighted by Gasteiger charge is 2.38. The number of hydrogen-bond donors (Lipinski definition) is 2. The Morgan fingerprint density at radius 2 is 1.48 bits per heavy atom. The number of sulfonamides is 1. The molecule has 6 heteroatoms. The van der Waals surface area contributed by atoms with Gasteiger partial charge in [-0.15, -0.1) is 0 Å². The Morgan fingerprint density at radius 1 is 0.931 bits per heavy atom. The smallest absolute Gasteiger partial charge is 0.243 e. The number of aryl methyl sites for hydroxylation is 1. The van der Waals surface area contributed by atoms with E-state index in [1.807, 2.05) is 12.1 Å². The number of aliphatic hydroxyl groups excluding tert-OH is 1. The zero-order valence-electron chi connectivity index (χ0n) is 17.9. The van der Waals surface area contributed by atoms with Crippen molar-refractivity contribution in [3.8, 4) is 0 Å². The van der Waals surface area contributed by atoms with Crippen molar-refractivity contribution >= 4 is 10.0 Å². The van der Waals surface area contributed by atoms with Gasteiger partial charge in [0.15, 0.2) is 6.29 Å². The van der Waals surface area contributed by atoms with E-state index in [-0.39, 0.29) is 4.90 Å². The molecule has 2 rings (SSSR count). The van der Waals surface area contributed by atoms with Crippen LogP contribution in [0.25, 0.3) is 0 Å². The van der Waals surface area contributed by atoms with Crippen LogP contribution in [0.2, 0.25) is 0 Å². The van der Waals surface area contributed by atoms with Crippen LogP contribution in [0.15, 0.2) is 29.2 Å². The zero-order valence-corrected chi connectivity index (χ0v) is 18.7. The average molecular weight is 426 g/mol. The van der Waals surface area contributed by atoms with Gasteiger partial charge in [-0.05, 0) is 43.4 Å². The molecule has 0 spiro atoms. The largest absolute Gasteiger partial charge is 0.367 e. The van der Waals surface area contributed by atoms with Crippen molar-refractivity contribution in [3.63, 3.8) is 0 Å². The molecule has 0 amide bonds. The van der Waals surface area contributed by atoms with Crippen molar-refractivity contribution in [2.45, 2.75) is 108 Å². The minimum atomic E-state index is -3.68. The second-order valence-electron chi connectivity index (χ2n) is 8.31. The highest BCUT2D eigenvalue weighted by molar-refractivity contribution is 7.89. The van der Waals surface area contributed by atoms with Crippen LogP contribution in [0.3, 0.4) is 0 Å². The van der Waals surface area contributed by atoms with Crippen LogP contribution in [0.1, 0.15) is 89.5 Å². The maximum absolute atomic E-state index is 12.8. The summed E-state index contributed by atoms with van der Waals surface area (Å²) in [6.45, 7) is 2.59. The Bertz CT molecular complexity index is 673. The van der Waals surface area contributed by atoms with Gasteiger partial charge in [0, 0.05) is 6.54 Å². The van der Waals surface area contributed by atoms with Gasteiger partial charge in [-0.2, -0.15) is 4.31 Å². The third-order valence-electron chi connectivity index (χ3n) is 5.94. The van der Waals surface area contributed by atoms with E-state index in [0.29, 0.717) is 19.4 Å². The van der Waals surface area contributed by atoms with Gasteiger partial charge >= 0.3 is 0 Å². The van der Waals surface area contributed by atoms with Crippen molar-refractivity contribution in [3.05, 3.63) is 29.8 Å². The topological polar surface area (TPSA) is 77.8 Å². The maximum atomic E-state index is 12.8. The SMILES string of the molecule is CCCCCCCCCCCCc1ccc(S(=O)(=O)N2CCC[C@H]2C(O)O)cc1. The van der Waals surface area contributed by atoms with Crippen LogP contribution >= 0.6 is 0 Å². The first-order valence-corrected chi connectivity index (χ1v) is 12.9. The van der Waals surface area contributed by atoms with E-state index in [9.17, 15) is 18.6 Å². The van der Waals surface area contributed by atoms with Crippen LogP contribution in [0.5, 0.6) is 0 Å². The summed E-state index contributed by atoms with van der Waals surface area (Å²) in [5.74, 6) is 0. The van der Waals surface area contributed by atoms with Crippen molar-refractivity contribution < 1.29 is 18.6 Å². The van der Waals surface area contributed by atoms with Gasteiger partial charge < -0.3 is 10.2 Å². The van der Waals surface area contributed by atoms with E-state index >= 15 is 0 Å². The van der Waals surface area contributed by atoms with Crippen molar-refractivity contribution in [1.29, 1.82) is 0 Å². The molecular formula is C23H39NO4S.